The van der Waals surface area contributed by atoms with Crippen molar-refractivity contribution < 1.29 is 4.79 Å². The number of rotatable bonds is 5. The molecule has 1 heterocycles. The number of benzene rings is 1. The van der Waals surface area contributed by atoms with E-state index in [9.17, 15) is 4.79 Å². The van der Waals surface area contributed by atoms with E-state index in [1.165, 1.54) is 18.1 Å². The summed E-state index contributed by atoms with van der Waals surface area (Å²) in [6.45, 7) is 6.34. The van der Waals surface area contributed by atoms with Crippen LogP contribution in [0.5, 0.6) is 0 Å². The lowest BCUT2D eigenvalue weighted by molar-refractivity contribution is -0.118. The molecule has 112 valence electrons. The van der Waals surface area contributed by atoms with Crippen molar-refractivity contribution in [3.63, 3.8) is 0 Å². The van der Waals surface area contributed by atoms with E-state index in [1.807, 2.05) is 12.3 Å². The highest BCUT2D eigenvalue weighted by Gasteiger charge is 2.08. The molecule has 4 heteroatoms. The van der Waals surface area contributed by atoms with Crippen LogP contribution in [0.1, 0.15) is 31.9 Å². The SMILES string of the molecule is CC(=O)NCCc1c[nH]c2cc(CC=C(C)C)c(Cl)cc12. The molecule has 0 aliphatic heterocycles. The molecule has 0 atom stereocenters. The van der Waals surface area contributed by atoms with Crippen LogP contribution in [0.15, 0.2) is 30.0 Å². The third kappa shape index (κ3) is 4.11. The first-order valence-corrected chi connectivity index (χ1v) is 7.51. The van der Waals surface area contributed by atoms with Gasteiger partial charge in [-0.05, 0) is 49.9 Å². The van der Waals surface area contributed by atoms with Crippen LogP contribution in [-0.4, -0.2) is 17.4 Å². The summed E-state index contributed by atoms with van der Waals surface area (Å²) in [6.07, 6.45) is 5.81. The van der Waals surface area contributed by atoms with Crippen molar-refractivity contribution in [3.05, 3.63) is 46.1 Å². The van der Waals surface area contributed by atoms with E-state index in [2.05, 4.69) is 36.3 Å². The predicted molar refractivity (Wildman–Crippen MR) is 88.8 cm³/mol. The smallest absolute Gasteiger partial charge is 0.216 e. The number of nitrogens with one attached hydrogen (secondary N) is 2. The van der Waals surface area contributed by atoms with Crippen LogP contribution in [0, 0.1) is 0 Å². The zero-order chi connectivity index (χ0) is 15.4. The molecule has 0 spiro atoms. The highest BCUT2D eigenvalue weighted by molar-refractivity contribution is 6.32. The number of carbonyl (C=O) groups is 1. The van der Waals surface area contributed by atoms with E-state index < -0.39 is 0 Å². The van der Waals surface area contributed by atoms with Gasteiger partial charge in [-0.25, -0.2) is 0 Å². The number of hydrogen-bond acceptors (Lipinski definition) is 1. The summed E-state index contributed by atoms with van der Waals surface area (Å²) >= 11 is 6.39. The zero-order valence-corrected chi connectivity index (χ0v) is 13.5. The van der Waals surface area contributed by atoms with Crippen LogP contribution in [0.2, 0.25) is 5.02 Å². The number of carbonyl (C=O) groups excluding carboxylic acids is 1. The number of halogens is 1. The number of H-pyrrole nitrogens is 1. The van der Waals surface area contributed by atoms with E-state index in [0.717, 1.165) is 34.3 Å². The van der Waals surface area contributed by atoms with Gasteiger partial charge in [-0.15, -0.1) is 0 Å². The maximum Gasteiger partial charge on any atom is 0.216 e. The predicted octanol–water partition coefficient (Wildman–Crippen LogP) is 4.01. The largest absolute Gasteiger partial charge is 0.361 e. The fraction of sp³-hybridized carbons (Fsp3) is 0.353. The molecule has 1 amide bonds. The third-order valence-electron chi connectivity index (χ3n) is 3.43. The van der Waals surface area contributed by atoms with Crippen LogP contribution in [0.4, 0.5) is 0 Å². The first-order valence-electron chi connectivity index (χ1n) is 7.13. The second-order valence-corrected chi connectivity index (χ2v) is 5.93. The summed E-state index contributed by atoms with van der Waals surface area (Å²) in [7, 11) is 0. The number of hydrogen-bond donors (Lipinski definition) is 2. The fourth-order valence-corrected chi connectivity index (χ4v) is 2.54. The molecule has 0 saturated carbocycles. The lowest BCUT2D eigenvalue weighted by atomic mass is 10.1. The van der Waals surface area contributed by atoms with Gasteiger partial charge in [0.25, 0.3) is 0 Å². The Morgan fingerprint density at radius 2 is 2.05 bits per heavy atom. The van der Waals surface area contributed by atoms with Gasteiger partial charge in [-0.2, -0.15) is 0 Å². The molecule has 0 unspecified atom stereocenters. The first-order chi connectivity index (χ1) is 9.97. The summed E-state index contributed by atoms with van der Waals surface area (Å²) < 4.78 is 0. The van der Waals surface area contributed by atoms with E-state index in [-0.39, 0.29) is 5.91 Å². The molecule has 0 saturated heterocycles. The topological polar surface area (TPSA) is 44.9 Å². The Kier molecular flexibility index (Phi) is 5.07. The van der Waals surface area contributed by atoms with Crippen molar-refractivity contribution in [2.45, 2.75) is 33.6 Å². The van der Waals surface area contributed by atoms with Gasteiger partial charge in [0.05, 0.1) is 0 Å². The van der Waals surface area contributed by atoms with Crippen LogP contribution in [0.25, 0.3) is 10.9 Å². The maximum atomic E-state index is 10.9. The van der Waals surface area contributed by atoms with Crippen molar-refractivity contribution >= 4 is 28.4 Å². The number of allylic oxidation sites excluding steroid dienone is 2. The number of amides is 1. The Morgan fingerprint density at radius 3 is 2.71 bits per heavy atom. The summed E-state index contributed by atoms with van der Waals surface area (Å²) in [6, 6.07) is 4.13. The monoisotopic (exact) mass is 304 g/mol. The normalized spacial score (nSPS) is 10.7. The minimum absolute atomic E-state index is 0.00289. The van der Waals surface area contributed by atoms with Crippen molar-refractivity contribution in [1.29, 1.82) is 0 Å². The van der Waals surface area contributed by atoms with Gasteiger partial charge in [-0.1, -0.05) is 23.3 Å². The van der Waals surface area contributed by atoms with Gasteiger partial charge in [0.2, 0.25) is 5.91 Å². The molecular formula is C17H21ClN2O. The molecule has 1 aromatic heterocycles. The summed E-state index contributed by atoms with van der Waals surface area (Å²) in [5, 5.41) is 4.74. The van der Waals surface area contributed by atoms with Gasteiger partial charge in [-0.3, -0.25) is 4.79 Å². The van der Waals surface area contributed by atoms with Gasteiger partial charge < -0.3 is 10.3 Å². The minimum atomic E-state index is -0.00289. The quantitative estimate of drug-likeness (QED) is 0.806. The Labute approximate surface area is 130 Å². The van der Waals surface area contributed by atoms with Crippen molar-refractivity contribution in [2.24, 2.45) is 0 Å². The molecule has 0 aliphatic rings. The van der Waals surface area contributed by atoms with Gasteiger partial charge in [0.1, 0.15) is 0 Å². The molecule has 0 aliphatic carbocycles. The van der Waals surface area contributed by atoms with E-state index >= 15 is 0 Å². The second kappa shape index (κ2) is 6.81. The molecular weight excluding hydrogens is 284 g/mol. The molecule has 2 aromatic rings. The molecule has 0 bridgehead atoms. The third-order valence-corrected chi connectivity index (χ3v) is 3.78. The molecule has 0 radical (unpaired) electrons. The van der Waals surface area contributed by atoms with Gasteiger partial charge in [0.15, 0.2) is 0 Å². The number of aromatic amines is 1. The van der Waals surface area contributed by atoms with Crippen molar-refractivity contribution in [3.8, 4) is 0 Å². The second-order valence-electron chi connectivity index (χ2n) is 5.52. The Bertz CT molecular complexity index is 681. The fourth-order valence-electron chi connectivity index (χ4n) is 2.30. The Hall–Kier alpha value is -1.74. The summed E-state index contributed by atoms with van der Waals surface area (Å²) in [5.74, 6) is -0.00289. The average Bonchev–Trinajstić information content (AvgIpc) is 2.78. The number of aromatic nitrogens is 1. The van der Waals surface area contributed by atoms with Gasteiger partial charge >= 0.3 is 0 Å². The molecule has 3 nitrogen and oxygen atoms in total. The molecule has 2 rings (SSSR count). The standard InChI is InChI=1S/C17H21ClN2O/c1-11(2)4-5-13-8-17-15(9-16(13)18)14(10-20-17)6-7-19-12(3)21/h4,8-10,20H,5-7H2,1-3H3,(H,19,21). The Balaban J connectivity index is 2.22. The van der Waals surface area contributed by atoms with Crippen LogP contribution in [-0.2, 0) is 17.6 Å². The van der Waals surface area contributed by atoms with E-state index in [0.29, 0.717) is 6.54 Å². The van der Waals surface area contributed by atoms with E-state index in [1.54, 1.807) is 0 Å². The van der Waals surface area contributed by atoms with E-state index in [4.69, 9.17) is 11.6 Å². The lowest BCUT2D eigenvalue weighted by Gasteiger charge is -2.05. The summed E-state index contributed by atoms with van der Waals surface area (Å²) in [5.41, 5.74) is 4.68. The molecule has 0 fully saturated rings. The average molecular weight is 305 g/mol. The minimum Gasteiger partial charge on any atom is -0.361 e. The van der Waals surface area contributed by atoms with Crippen LogP contribution in [0.3, 0.4) is 0 Å². The van der Waals surface area contributed by atoms with Gasteiger partial charge in [0, 0.05) is 35.6 Å². The lowest BCUT2D eigenvalue weighted by Crippen LogP contribution is -2.22. The van der Waals surface area contributed by atoms with Crippen LogP contribution >= 0.6 is 11.6 Å². The zero-order valence-electron chi connectivity index (χ0n) is 12.7. The molecule has 2 N–H and O–H groups in total. The Morgan fingerprint density at radius 1 is 1.29 bits per heavy atom. The molecule has 1 aromatic carbocycles. The van der Waals surface area contributed by atoms with Crippen molar-refractivity contribution in [2.75, 3.05) is 6.54 Å². The highest BCUT2D eigenvalue weighted by atomic mass is 35.5. The van der Waals surface area contributed by atoms with Crippen LogP contribution < -0.4 is 5.32 Å². The summed E-state index contributed by atoms with van der Waals surface area (Å²) in [4.78, 5) is 14.2. The first kappa shape index (κ1) is 15.6. The maximum absolute atomic E-state index is 10.9. The number of fused-ring (bicyclic) bond motifs is 1. The van der Waals surface area contributed by atoms with Crippen molar-refractivity contribution in [1.82, 2.24) is 10.3 Å². The highest BCUT2D eigenvalue weighted by Crippen LogP contribution is 2.27. The molecule has 21 heavy (non-hydrogen) atoms.